The van der Waals surface area contributed by atoms with Gasteiger partial charge < -0.3 is 9.26 Å². The van der Waals surface area contributed by atoms with Crippen LogP contribution in [-0.2, 0) is 10.0 Å². The summed E-state index contributed by atoms with van der Waals surface area (Å²) in [6.45, 7) is 2.42. The average molecular weight is 386 g/mol. The third-order valence-electron chi connectivity index (χ3n) is 4.51. The van der Waals surface area contributed by atoms with E-state index >= 15 is 0 Å². The van der Waals surface area contributed by atoms with Gasteiger partial charge in [0.15, 0.2) is 0 Å². The molecule has 1 aromatic carbocycles. The van der Waals surface area contributed by atoms with Crippen molar-refractivity contribution in [3.05, 3.63) is 54.2 Å². The van der Waals surface area contributed by atoms with Gasteiger partial charge in [0.25, 0.3) is 0 Å². The van der Waals surface area contributed by atoms with Crippen LogP contribution in [0.4, 0.5) is 0 Å². The van der Waals surface area contributed by atoms with Crippen molar-refractivity contribution in [3.8, 4) is 17.1 Å². The number of hydrogen-bond acceptors (Lipinski definition) is 7. The second kappa shape index (κ2) is 6.75. The highest BCUT2D eigenvalue weighted by molar-refractivity contribution is 7.89. The quantitative estimate of drug-likeness (QED) is 0.663. The fourth-order valence-corrected chi connectivity index (χ4v) is 4.71. The average Bonchev–Trinajstić information content (AvgIpc) is 3.10. The predicted octanol–water partition coefficient (Wildman–Crippen LogP) is 2.24. The molecule has 0 amide bonds. The predicted molar refractivity (Wildman–Crippen MR) is 96.8 cm³/mol. The molecule has 3 heterocycles. The molecule has 0 spiro atoms. The summed E-state index contributed by atoms with van der Waals surface area (Å²) in [5.74, 6) is 1.11. The topological polar surface area (TPSA) is 98.4 Å². The molecular formula is C18H18N4O4S. The van der Waals surface area contributed by atoms with Crippen LogP contribution in [0.1, 0.15) is 17.4 Å². The van der Waals surface area contributed by atoms with Crippen molar-refractivity contribution in [1.29, 1.82) is 0 Å². The Morgan fingerprint density at radius 2 is 1.93 bits per heavy atom. The van der Waals surface area contributed by atoms with E-state index in [4.69, 9.17) is 9.26 Å². The van der Waals surface area contributed by atoms with Crippen LogP contribution in [0.3, 0.4) is 0 Å². The minimum atomic E-state index is -3.64. The lowest BCUT2D eigenvalue weighted by atomic mass is 10.0. The molecule has 0 unspecified atom stereocenters. The van der Waals surface area contributed by atoms with Crippen LogP contribution in [-0.4, -0.2) is 48.0 Å². The molecule has 1 saturated heterocycles. The third-order valence-corrected chi connectivity index (χ3v) is 6.37. The van der Waals surface area contributed by atoms with E-state index in [-0.39, 0.29) is 23.9 Å². The Morgan fingerprint density at radius 3 is 2.63 bits per heavy atom. The van der Waals surface area contributed by atoms with Crippen LogP contribution >= 0.6 is 0 Å². The number of rotatable bonds is 5. The number of hydrogen-bond donors (Lipinski definition) is 0. The number of methoxy groups -OCH3 is 1. The van der Waals surface area contributed by atoms with Crippen molar-refractivity contribution < 1.29 is 17.7 Å². The first-order valence-electron chi connectivity index (χ1n) is 8.38. The summed E-state index contributed by atoms with van der Waals surface area (Å²) in [6.07, 6.45) is 3.30. The van der Waals surface area contributed by atoms with Crippen molar-refractivity contribution in [3.63, 3.8) is 0 Å². The summed E-state index contributed by atoms with van der Waals surface area (Å²) < 4.78 is 37.8. The Balaban J connectivity index is 1.51. The molecule has 0 atom stereocenters. The number of aryl methyl sites for hydroxylation is 1. The largest absolute Gasteiger partial charge is 0.495 e. The van der Waals surface area contributed by atoms with Gasteiger partial charge in [0.1, 0.15) is 10.6 Å². The van der Waals surface area contributed by atoms with E-state index in [0.29, 0.717) is 17.5 Å². The molecule has 0 saturated carbocycles. The van der Waals surface area contributed by atoms with Crippen LogP contribution in [0, 0.1) is 6.92 Å². The highest BCUT2D eigenvalue weighted by Crippen LogP contribution is 2.35. The zero-order chi connectivity index (χ0) is 19.0. The summed E-state index contributed by atoms with van der Waals surface area (Å²) in [5.41, 5.74) is 1.65. The van der Waals surface area contributed by atoms with Crippen LogP contribution in [0.15, 0.2) is 52.1 Å². The van der Waals surface area contributed by atoms with Crippen molar-refractivity contribution in [1.82, 2.24) is 19.4 Å². The van der Waals surface area contributed by atoms with E-state index < -0.39 is 10.0 Å². The zero-order valence-electron chi connectivity index (χ0n) is 14.9. The second-order valence-corrected chi connectivity index (χ2v) is 8.27. The van der Waals surface area contributed by atoms with E-state index in [1.54, 1.807) is 36.7 Å². The van der Waals surface area contributed by atoms with Crippen LogP contribution in [0.25, 0.3) is 11.4 Å². The summed E-state index contributed by atoms with van der Waals surface area (Å²) >= 11 is 0. The van der Waals surface area contributed by atoms with Gasteiger partial charge in [-0.05, 0) is 36.8 Å². The Labute approximate surface area is 156 Å². The Kier molecular flexibility index (Phi) is 4.40. The molecule has 3 aromatic rings. The lowest BCUT2D eigenvalue weighted by molar-refractivity contribution is 0.216. The van der Waals surface area contributed by atoms with Gasteiger partial charge in [0, 0.05) is 31.0 Å². The second-order valence-electron chi connectivity index (χ2n) is 6.37. The van der Waals surface area contributed by atoms with Crippen LogP contribution < -0.4 is 4.74 Å². The molecule has 0 radical (unpaired) electrons. The van der Waals surface area contributed by atoms with Crippen molar-refractivity contribution in [2.45, 2.75) is 17.7 Å². The minimum absolute atomic E-state index is 0.126. The molecular weight excluding hydrogens is 368 g/mol. The van der Waals surface area contributed by atoms with Crippen molar-refractivity contribution >= 4 is 10.0 Å². The first kappa shape index (κ1) is 17.6. The highest BCUT2D eigenvalue weighted by atomic mass is 32.2. The van der Waals surface area contributed by atoms with Gasteiger partial charge in [-0.25, -0.2) is 8.42 Å². The molecule has 140 valence electrons. The Hall–Kier alpha value is -2.78. The molecule has 9 heteroatoms. The lowest BCUT2D eigenvalue weighted by Crippen LogP contribution is -2.48. The van der Waals surface area contributed by atoms with Gasteiger partial charge in [-0.3, -0.25) is 4.98 Å². The summed E-state index contributed by atoms with van der Waals surface area (Å²) in [4.78, 5) is 8.52. The van der Waals surface area contributed by atoms with Crippen molar-refractivity contribution in [2.24, 2.45) is 0 Å². The normalized spacial score (nSPS) is 15.5. The van der Waals surface area contributed by atoms with Gasteiger partial charge in [-0.15, -0.1) is 0 Å². The Bertz CT molecular complexity index is 1060. The summed E-state index contributed by atoms with van der Waals surface area (Å²) in [5, 5.41) is 3.97. The fourth-order valence-electron chi connectivity index (χ4n) is 2.93. The molecule has 27 heavy (non-hydrogen) atoms. The van der Waals surface area contributed by atoms with Gasteiger partial charge in [-0.1, -0.05) is 11.2 Å². The van der Waals surface area contributed by atoms with E-state index in [0.717, 1.165) is 11.1 Å². The first-order valence-corrected chi connectivity index (χ1v) is 9.82. The number of ether oxygens (including phenoxy) is 1. The number of sulfonamides is 1. The summed E-state index contributed by atoms with van der Waals surface area (Å²) in [6, 6.07) is 8.68. The van der Waals surface area contributed by atoms with Gasteiger partial charge >= 0.3 is 0 Å². The first-order chi connectivity index (χ1) is 13.0. The number of pyridine rings is 1. The van der Waals surface area contributed by atoms with E-state index in [9.17, 15) is 8.42 Å². The molecule has 1 fully saturated rings. The van der Waals surface area contributed by atoms with E-state index in [1.807, 2.05) is 13.0 Å². The smallest absolute Gasteiger partial charge is 0.246 e. The molecule has 1 aliphatic heterocycles. The lowest BCUT2D eigenvalue weighted by Gasteiger charge is -2.36. The van der Waals surface area contributed by atoms with Gasteiger partial charge in [0.2, 0.25) is 21.7 Å². The standard InChI is InChI=1S/C18H18N4O4S/c1-12-3-4-15(25-2)16(9-12)27(23,24)22-10-14(11-22)18-20-17(21-26-18)13-5-7-19-8-6-13/h3-9,14H,10-11H2,1-2H3. The molecule has 8 nitrogen and oxygen atoms in total. The maximum Gasteiger partial charge on any atom is 0.246 e. The SMILES string of the molecule is COc1ccc(C)cc1S(=O)(=O)N1CC(c2nc(-c3ccncc3)no2)C1. The molecule has 0 N–H and O–H groups in total. The maximum absolute atomic E-state index is 12.9. The summed E-state index contributed by atoms with van der Waals surface area (Å²) in [7, 11) is -2.18. The van der Waals surface area contributed by atoms with Gasteiger partial charge in [-0.2, -0.15) is 9.29 Å². The van der Waals surface area contributed by atoms with Crippen molar-refractivity contribution in [2.75, 3.05) is 20.2 Å². The number of aromatic nitrogens is 3. The molecule has 0 aliphatic carbocycles. The highest BCUT2D eigenvalue weighted by Gasteiger charge is 2.41. The zero-order valence-corrected chi connectivity index (χ0v) is 15.7. The third kappa shape index (κ3) is 3.19. The number of nitrogens with zero attached hydrogens (tertiary/aromatic N) is 4. The Morgan fingerprint density at radius 1 is 1.19 bits per heavy atom. The van der Waals surface area contributed by atoms with Crippen LogP contribution in [0.2, 0.25) is 0 Å². The monoisotopic (exact) mass is 386 g/mol. The molecule has 1 aliphatic rings. The molecule has 0 bridgehead atoms. The number of benzene rings is 1. The molecule has 4 rings (SSSR count). The maximum atomic E-state index is 12.9. The minimum Gasteiger partial charge on any atom is -0.495 e. The van der Waals surface area contributed by atoms with Gasteiger partial charge in [0.05, 0.1) is 13.0 Å². The molecule has 2 aromatic heterocycles. The van der Waals surface area contributed by atoms with E-state index in [2.05, 4.69) is 15.1 Å². The van der Waals surface area contributed by atoms with E-state index in [1.165, 1.54) is 11.4 Å². The van der Waals surface area contributed by atoms with Crippen LogP contribution in [0.5, 0.6) is 5.75 Å². The fraction of sp³-hybridized carbons (Fsp3) is 0.278.